The fourth-order valence-corrected chi connectivity index (χ4v) is 1.46. The van der Waals surface area contributed by atoms with Crippen molar-refractivity contribution in [3.63, 3.8) is 0 Å². The van der Waals surface area contributed by atoms with E-state index < -0.39 is 0 Å². The van der Waals surface area contributed by atoms with Gasteiger partial charge in [-0.05, 0) is 38.1 Å². The van der Waals surface area contributed by atoms with E-state index in [0.29, 0.717) is 6.42 Å². The van der Waals surface area contributed by atoms with Gasteiger partial charge < -0.3 is 15.5 Å². The summed E-state index contributed by atoms with van der Waals surface area (Å²) in [5.41, 5.74) is 0.724. The first kappa shape index (κ1) is 11.5. The van der Waals surface area contributed by atoms with E-state index in [1.807, 2.05) is 0 Å². The van der Waals surface area contributed by atoms with Crippen LogP contribution in [0, 0.1) is 0 Å². The van der Waals surface area contributed by atoms with Gasteiger partial charge in [0, 0.05) is 6.07 Å². The Bertz CT molecular complexity index is 343. The molecule has 4 heteroatoms. The highest BCUT2D eigenvalue weighted by molar-refractivity contribution is 5.81. The number of Topliss-reactive ketones (excluding diaryl/α,β-unsaturated/α-hetero) is 1. The Morgan fingerprint density at radius 3 is 2.27 bits per heavy atom. The second-order valence-electron chi connectivity index (χ2n) is 3.51. The Morgan fingerprint density at radius 2 is 1.87 bits per heavy atom. The molecule has 1 aromatic carbocycles. The topological polar surface area (TPSA) is 69.6 Å². The van der Waals surface area contributed by atoms with Crippen LogP contribution in [-0.4, -0.2) is 29.1 Å². The van der Waals surface area contributed by atoms with Crippen LogP contribution < -0.4 is 5.32 Å². The molecule has 3 N–H and O–H groups in total. The number of hydrogen-bond donors (Lipinski definition) is 3. The van der Waals surface area contributed by atoms with Gasteiger partial charge in [0.1, 0.15) is 17.3 Å². The van der Waals surface area contributed by atoms with Crippen molar-refractivity contribution < 1.29 is 15.0 Å². The van der Waals surface area contributed by atoms with E-state index in [2.05, 4.69) is 5.32 Å². The Morgan fingerprint density at radius 1 is 1.33 bits per heavy atom. The van der Waals surface area contributed by atoms with Crippen molar-refractivity contribution in [1.82, 2.24) is 5.32 Å². The van der Waals surface area contributed by atoms with Gasteiger partial charge in [-0.25, -0.2) is 0 Å². The lowest BCUT2D eigenvalue weighted by Crippen LogP contribution is -2.34. The van der Waals surface area contributed by atoms with Crippen LogP contribution >= 0.6 is 0 Å². The number of carbonyl (C=O) groups excluding carboxylic acids is 1. The van der Waals surface area contributed by atoms with Crippen LogP contribution in [-0.2, 0) is 11.2 Å². The molecular formula is C11H15NO3. The molecule has 0 aliphatic heterocycles. The third kappa shape index (κ3) is 3.25. The Hall–Kier alpha value is -1.55. The molecule has 0 spiro atoms. The molecule has 0 saturated carbocycles. The van der Waals surface area contributed by atoms with Crippen LogP contribution in [0.15, 0.2) is 18.2 Å². The SMILES string of the molecule is CNC(Cc1cc(O)cc(O)c1)C(C)=O. The second kappa shape index (κ2) is 4.79. The first-order chi connectivity index (χ1) is 7.02. The van der Waals surface area contributed by atoms with Gasteiger partial charge in [-0.2, -0.15) is 0 Å². The van der Waals surface area contributed by atoms with Crippen LogP contribution in [0.3, 0.4) is 0 Å². The summed E-state index contributed by atoms with van der Waals surface area (Å²) in [6.45, 7) is 1.50. The number of carbonyl (C=O) groups is 1. The van der Waals surface area contributed by atoms with Gasteiger partial charge in [-0.1, -0.05) is 0 Å². The molecule has 0 amide bonds. The lowest BCUT2D eigenvalue weighted by atomic mass is 10.0. The molecular weight excluding hydrogens is 194 g/mol. The highest BCUT2D eigenvalue weighted by atomic mass is 16.3. The number of nitrogens with one attached hydrogen (secondary N) is 1. The molecule has 0 heterocycles. The molecule has 1 atom stereocenters. The summed E-state index contributed by atoms with van der Waals surface area (Å²) in [5.74, 6) is 0.0344. The minimum atomic E-state index is -0.286. The number of benzene rings is 1. The van der Waals surface area contributed by atoms with Gasteiger partial charge in [0.2, 0.25) is 0 Å². The number of hydrogen-bond acceptors (Lipinski definition) is 4. The molecule has 1 unspecified atom stereocenters. The van der Waals surface area contributed by atoms with Crippen LogP contribution in [0.2, 0.25) is 0 Å². The van der Waals surface area contributed by atoms with E-state index in [1.165, 1.54) is 25.1 Å². The van der Waals surface area contributed by atoms with Crippen molar-refractivity contribution in [3.8, 4) is 11.5 Å². The van der Waals surface area contributed by atoms with Gasteiger partial charge in [-0.3, -0.25) is 4.79 Å². The first-order valence-corrected chi connectivity index (χ1v) is 4.72. The minimum absolute atomic E-state index is 0.00315. The molecule has 0 aliphatic rings. The quantitative estimate of drug-likeness (QED) is 0.686. The van der Waals surface area contributed by atoms with Crippen LogP contribution in [0.1, 0.15) is 12.5 Å². The zero-order valence-corrected chi connectivity index (χ0v) is 8.82. The largest absolute Gasteiger partial charge is 0.508 e. The fraction of sp³-hybridized carbons (Fsp3) is 0.364. The van der Waals surface area contributed by atoms with Crippen molar-refractivity contribution >= 4 is 5.78 Å². The van der Waals surface area contributed by atoms with E-state index >= 15 is 0 Å². The zero-order valence-electron chi connectivity index (χ0n) is 8.82. The summed E-state index contributed by atoms with van der Waals surface area (Å²) in [7, 11) is 1.70. The Kier molecular flexibility index (Phi) is 3.68. The maximum atomic E-state index is 11.2. The molecule has 1 aromatic rings. The van der Waals surface area contributed by atoms with Gasteiger partial charge in [0.05, 0.1) is 6.04 Å². The molecule has 0 saturated heterocycles. The lowest BCUT2D eigenvalue weighted by molar-refractivity contribution is -0.118. The van der Waals surface area contributed by atoms with Gasteiger partial charge in [0.15, 0.2) is 0 Å². The first-order valence-electron chi connectivity index (χ1n) is 4.72. The number of ketones is 1. The number of aromatic hydroxyl groups is 2. The Labute approximate surface area is 88.6 Å². The summed E-state index contributed by atoms with van der Waals surface area (Å²) in [5, 5.41) is 21.4. The number of likely N-dealkylation sites (N-methyl/N-ethyl adjacent to an activating group) is 1. The normalized spacial score (nSPS) is 12.4. The molecule has 0 bridgehead atoms. The number of rotatable bonds is 4. The van der Waals surface area contributed by atoms with Crippen LogP contribution in [0.25, 0.3) is 0 Å². The van der Waals surface area contributed by atoms with Crippen molar-refractivity contribution in [2.24, 2.45) is 0 Å². The molecule has 0 fully saturated rings. The smallest absolute Gasteiger partial charge is 0.147 e. The highest BCUT2D eigenvalue weighted by Crippen LogP contribution is 2.21. The van der Waals surface area contributed by atoms with E-state index in [9.17, 15) is 15.0 Å². The van der Waals surface area contributed by atoms with Crippen LogP contribution in [0.4, 0.5) is 0 Å². The standard InChI is InChI=1S/C11H15NO3/c1-7(13)11(12-2)5-8-3-9(14)6-10(15)4-8/h3-4,6,11-12,14-15H,5H2,1-2H3. The molecule has 0 aliphatic carbocycles. The Balaban J connectivity index is 2.83. The van der Waals surface area contributed by atoms with Gasteiger partial charge in [0.25, 0.3) is 0 Å². The average Bonchev–Trinajstić information content (AvgIpc) is 2.12. The van der Waals surface area contributed by atoms with Crippen molar-refractivity contribution in [3.05, 3.63) is 23.8 Å². The van der Waals surface area contributed by atoms with E-state index in [0.717, 1.165) is 5.56 Å². The van der Waals surface area contributed by atoms with E-state index in [-0.39, 0.29) is 23.3 Å². The molecule has 1 rings (SSSR count). The minimum Gasteiger partial charge on any atom is -0.508 e. The monoisotopic (exact) mass is 209 g/mol. The number of phenols is 2. The average molecular weight is 209 g/mol. The fourth-order valence-electron chi connectivity index (χ4n) is 1.46. The predicted molar refractivity (Wildman–Crippen MR) is 57.0 cm³/mol. The van der Waals surface area contributed by atoms with Crippen molar-refractivity contribution in [2.45, 2.75) is 19.4 Å². The summed E-state index contributed by atoms with van der Waals surface area (Å²) in [4.78, 5) is 11.2. The van der Waals surface area contributed by atoms with E-state index in [4.69, 9.17) is 0 Å². The van der Waals surface area contributed by atoms with Gasteiger partial charge >= 0.3 is 0 Å². The molecule has 0 radical (unpaired) electrons. The summed E-state index contributed by atoms with van der Waals surface area (Å²) in [6.07, 6.45) is 0.452. The summed E-state index contributed by atoms with van der Waals surface area (Å²) in [6, 6.07) is 4.04. The third-order valence-electron chi connectivity index (χ3n) is 2.24. The molecule has 0 aromatic heterocycles. The zero-order chi connectivity index (χ0) is 11.4. The molecule has 82 valence electrons. The lowest BCUT2D eigenvalue weighted by Gasteiger charge is -2.12. The summed E-state index contributed by atoms with van der Waals surface area (Å²) < 4.78 is 0. The second-order valence-corrected chi connectivity index (χ2v) is 3.51. The van der Waals surface area contributed by atoms with E-state index in [1.54, 1.807) is 7.05 Å². The van der Waals surface area contributed by atoms with Crippen molar-refractivity contribution in [1.29, 1.82) is 0 Å². The number of phenolic OH excluding ortho intramolecular Hbond substituents is 2. The predicted octanol–water partition coefficient (Wildman–Crippen LogP) is 0.817. The maximum Gasteiger partial charge on any atom is 0.147 e. The van der Waals surface area contributed by atoms with Gasteiger partial charge in [-0.15, -0.1) is 0 Å². The highest BCUT2D eigenvalue weighted by Gasteiger charge is 2.12. The van der Waals surface area contributed by atoms with Crippen molar-refractivity contribution in [2.75, 3.05) is 7.05 Å². The van der Waals surface area contributed by atoms with Crippen LogP contribution in [0.5, 0.6) is 11.5 Å². The molecule has 15 heavy (non-hydrogen) atoms. The third-order valence-corrected chi connectivity index (χ3v) is 2.24. The maximum absolute atomic E-state index is 11.2. The molecule has 4 nitrogen and oxygen atoms in total. The summed E-state index contributed by atoms with van der Waals surface area (Å²) >= 11 is 0.